The standard InChI is InChI=1S/C30H23BrN2O6S/c1-3-37-29(35)25-26(17-7-5-4-6-8-17)32-30-33(27(25)18-9-12-22-23(14-18)39-16-38-22)28(34)24(40-30)15-19-13-20(36-2)10-11-21(19)31/h4-15,27H,3,16H2,1-2H3/b24-15-/t27-/m0/s1. The normalized spacial score (nSPS) is 16.0. The SMILES string of the molecule is CCOC(=O)C1=C(c2ccccc2)N=c2s/c(=C\c3cc(OC)ccc3Br)c(=O)n2[C@H]1c1ccc2c(c1)OCO2. The van der Waals surface area contributed by atoms with E-state index in [4.69, 9.17) is 23.9 Å². The second kappa shape index (κ2) is 10.8. The minimum atomic E-state index is -0.809. The number of fused-ring (bicyclic) bond motifs is 2. The zero-order valence-electron chi connectivity index (χ0n) is 21.5. The molecule has 0 bridgehead atoms. The van der Waals surface area contributed by atoms with Gasteiger partial charge < -0.3 is 18.9 Å². The summed E-state index contributed by atoms with van der Waals surface area (Å²) in [7, 11) is 1.59. The summed E-state index contributed by atoms with van der Waals surface area (Å²) in [4.78, 5) is 33.0. The van der Waals surface area contributed by atoms with Gasteiger partial charge in [-0.25, -0.2) is 9.79 Å². The van der Waals surface area contributed by atoms with Crippen molar-refractivity contribution in [2.75, 3.05) is 20.5 Å². The summed E-state index contributed by atoms with van der Waals surface area (Å²) >= 11 is 4.82. The maximum absolute atomic E-state index is 14.1. The van der Waals surface area contributed by atoms with Crippen LogP contribution >= 0.6 is 27.3 Å². The average molecular weight is 619 g/mol. The van der Waals surface area contributed by atoms with Crippen LogP contribution in [0.5, 0.6) is 17.2 Å². The second-order valence-electron chi connectivity index (χ2n) is 8.93. The van der Waals surface area contributed by atoms with Crippen LogP contribution in [0, 0.1) is 0 Å². The number of esters is 1. The van der Waals surface area contributed by atoms with Gasteiger partial charge in [0.15, 0.2) is 16.3 Å². The number of carbonyl (C=O) groups excluding carboxylic acids is 1. The number of hydrogen-bond acceptors (Lipinski definition) is 8. The molecule has 0 fully saturated rings. The molecule has 6 rings (SSSR count). The van der Waals surface area contributed by atoms with Crippen LogP contribution in [0.4, 0.5) is 0 Å². The number of benzene rings is 3. The first-order chi connectivity index (χ1) is 19.5. The summed E-state index contributed by atoms with van der Waals surface area (Å²) in [6.07, 6.45) is 1.80. The molecule has 0 spiro atoms. The lowest BCUT2D eigenvalue weighted by molar-refractivity contribution is -0.138. The van der Waals surface area contributed by atoms with Gasteiger partial charge in [0.1, 0.15) is 5.75 Å². The van der Waals surface area contributed by atoms with E-state index in [1.807, 2.05) is 54.6 Å². The third-order valence-corrected chi connectivity index (χ3v) is 8.28. The number of carbonyl (C=O) groups is 1. The molecule has 2 aliphatic rings. The summed E-state index contributed by atoms with van der Waals surface area (Å²) in [5.41, 5.74) is 2.63. The van der Waals surface area contributed by atoms with Crippen molar-refractivity contribution in [1.29, 1.82) is 0 Å². The molecule has 0 N–H and O–H groups in total. The van der Waals surface area contributed by atoms with Gasteiger partial charge in [0, 0.05) is 10.0 Å². The van der Waals surface area contributed by atoms with Crippen molar-refractivity contribution in [2.45, 2.75) is 13.0 Å². The Bertz CT molecular complexity index is 1840. The van der Waals surface area contributed by atoms with Crippen molar-refractivity contribution >= 4 is 45.0 Å². The molecule has 8 nitrogen and oxygen atoms in total. The smallest absolute Gasteiger partial charge is 0.338 e. The van der Waals surface area contributed by atoms with Crippen LogP contribution in [0.3, 0.4) is 0 Å². The van der Waals surface area contributed by atoms with Crippen molar-refractivity contribution in [3.05, 3.63) is 113 Å². The zero-order chi connectivity index (χ0) is 27.8. The van der Waals surface area contributed by atoms with Crippen molar-refractivity contribution in [1.82, 2.24) is 4.57 Å². The predicted molar refractivity (Wildman–Crippen MR) is 154 cm³/mol. The second-order valence-corrected chi connectivity index (χ2v) is 10.8. The van der Waals surface area contributed by atoms with Crippen LogP contribution in [-0.2, 0) is 9.53 Å². The molecule has 40 heavy (non-hydrogen) atoms. The Kier molecular flexibility index (Phi) is 7.03. The zero-order valence-corrected chi connectivity index (χ0v) is 24.0. The van der Waals surface area contributed by atoms with Gasteiger partial charge in [-0.05, 0) is 54.5 Å². The highest BCUT2D eigenvalue weighted by molar-refractivity contribution is 9.10. The monoisotopic (exact) mass is 618 g/mol. The van der Waals surface area contributed by atoms with Gasteiger partial charge in [-0.1, -0.05) is 63.7 Å². The molecule has 10 heteroatoms. The third-order valence-electron chi connectivity index (χ3n) is 6.58. The lowest BCUT2D eigenvalue weighted by Gasteiger charge is -2.26. The molecule has 0 radical (unpaired) electrons. The van der Waals surface area contributed by atoms with Crippen molar-refractivity contribution < 1.29 is 23.7 Å². The fourth-order valence-electron chi connectivity index (χ4n) is 4.74. The number of nitrogens with zero attached hydrogens (tertiary/aromatic N) is 2. The van der Waals surface area contributed by atoms with Crippen LogP contribution in [0.1, 0.15) is 29.7 Å². The van der Waals surface area contributed by atoms with Crippen LogP contribution in [0.25, 0.3) is 11.8 Å². The number of ether oxygens (including phenoxy) is 4. The van der Waals surface area contributed by atoms with Crippen molar-refractivity contribution in [3.63, 3.8) is 0 Å². The van der Waals surface area contributed by atoms with E-state index in [-0.39, 0.29) is 24.5 Å². The van der Waals surface area contributed by atoms with Crippen molar-refractivity contribution in [3.8, 4) is 17.2 Å². The molecule has 0 unspecified atom stereocenters. The number of hydrogen-bond donors (Lipinski definition) is 0. The summed E-state index contributed by atoms with van der Waals surface area (Å²) in [6, 6.07) is 19.6. The lowest BCUT2D eigenvalue weighted by Crippen LogP contribution is -2.40. The molecule has 3 aromatic carbocycles. The van der Waals surface area contributed by atoms with E-state index in [9.17, 15) is 9.59 Å². The Balaban J connectivity index is 1.65. The van der Waals surface area contributed by atoms with E-state index in [2.05, 4.69) is 15.9 Å². The quantitative estimate of drug-likeness (QED) is 0.297. The first-order valence-electron chi connectivity index (χ1n) is 12.5. The molecular formula is C30H23BrN2O6S. The summed E-state index contributed by atoms with van der Waals surface area (Å²) in [5, 5.41) is 0. The Morgan fingerprint density at radius 3 is 2.70 bits per heavy atom. The molecule has 3 heterocycles. The van der Waals surface area contributed by atoms with Crippen molar-refractivity contribution in [2.24, 2.45) is 4.99 Å². The lowest BCUT2D eigenvalue weighted by atomic mass is 9.93. The first-order valence-corrected chi connectivity index (χ1v) is 14.1. The van der Waals surface area contributed by atoms with E-state index >= 15 is 0 Å². The molecule has 0 saturated carbocycles. The number of rotatable bonds is 6. The Morgan fingerprint density at radius 2 is 1.93 bits per heavy atom. The molecule has 1 aromatic heterocycles. The number of aromatic nitrogens is 1. The Labute approximate surface area is 241 Å². The molecule has 1 atom stereocenters. The van der Waals surface area contributed by atoms with Gasteiger partial charge in [0.25, 0.3) is 5.56 Å². The van der Waals surface area contributed by atoms with E-state index in [0.29, 0.717) is 37.8 Å². The van der Waals surface area contributed by atoms with Gasteiger partial charge in [-0.2, -0.15) is 0 Å². The maximum atomic E-state index is 14.1. The number of thiazole rings is 1. The maximum Gasteiger partial charge on any atom is 0.338 e. The van der Waals surface area contributed by atoms with Crippen LogP contribution in [0.2, 0.25) is 0 Å². The fraction of sp³-hybridized carbons (Fsp3) is 0.167. The highest BCUT2D eigenvalue weighted by Crippen LogP contribution is 2.40. The largest absolute Gasteiger partial charge is 0.497 e. The molecule has 4 aromatic rings. The van der Waals surface area contributed by atoms with Crippen LogP contribution in [0.15, 0.2) is 86.6 Å². The minimum absolute atomic E-state index is 0.104. The van der Waals surface area contributed by atoms with Gasteiger partial charge in [0.05, 0.1) is 35.6 Å². The molecule has 0 aliphatic carbocycles. The van der Waals surface area contributed by atoms with Gasteiger partial charge in [0.2, 0.25) is 6.79 Å². The molecule has 0 amide bonds. The van der Waals surface area contributed by atoms with E-state index in [1.165, 1.54) is 11.3 Å². The van der Waals surface area contributed by atoms with Crippen LogP contribution in [-0.4, -0.2) is 31.0 Å². The number of halogens is 1. The topological polar surface area (TPSA) is 88.4 Å². The summed E-state index contributed by atoms with van der Waals surface area (Å²) in [6.45, 7) is 2.02. The fourth-order valence-corrected chi connectivity index (χ4v) is 6.09. The molecule has 0 saturated heterocycles. The summed E-state index contributed by atoms with van der Waals surface area (Å²) < 4.78 is 24.9. The van der Waals surface area contributed by atoms with E-state index in [1.54, 1.807) is 36.8 Å². The van der Waals surface area contributed by atoms with E-state index in [0.717, 1.165) is 15.6 Å². The van der Waals surface area contributed by atoms with Gasteiger partial charge >= 0.3 is 5.97 Å². The summed E-state index contributed by atoms with van der Waals surface area (Å²) in [5.74, 6) is 1.26. The van der Waals surface area contributed by atoms with E-state index < -0.39 is 12.0 Å². The van der Waals surface area contributed by atoms with Crippen LogP contribution < -0.4 is 29.1 Å². The van der Waals surface area contributed by atoms with Gasteiger partial charge in [-0.15, -0.1) is 0 Å². The number of methoxy groups -OCH3 is 1. The molecule has 202 valence electrons. The Hall–Kier alpha value is -4.15. The minimum Gasteiger partial charge on any atom is -0.497 e. The van der Waals surface area contributed by atoms with Gasteiger partial charge in [-0.3, -0.25) is 9.36 Å². The Morgan fingerprint density at radius 1 is 1.12 bits per heavy atom. The highest BCUT2D eigenvalue weighted by atomic mass is 79.9. The first kappa shape index (κ1) is 26.1. The molecular weight excluding hydrogens is 596 g/mol. The third kappa shape index (κ3) is 4.63. The average Bonchev–Trinajstić information content (AvgIpc) is 3.57. The molecule has 2 aliphatic heterocycles. The highest BCUT2D eigenvalue weighted by Gasteiger charge is 2.36. The predicted octanol–water partition coefficient (Wildman–Crippen LogP) is 4.44.